The molecule has 2 heteroatoms. The lowest BCUT2D eigenvalue weighted by molar-refractivity contribution is 0.386. The summed E-state index contributed by atoms with van der Waals surface area (Å²) in [5.74, 6) is 0.842. The summed E-state index contributed by atoms with van der Waals surface area (Å²) in [6, 6.07) is 3.08. The Morgan fingerprint density at radius 1 is 1.40 bits per heavy atom. The molecule has 0 aliphatic heterocycles. The first-order valence-corrected chi connectivity index (χ1v) is 6.20. The van der Waals surface area contributed by atoms with Gasteiger partial charge in [-0.3, -0.25) is 0 Å². The fourth-order valence-corrected chi connectivity index (χ4v) is 2.32. The van der Waals surface area contributed by atoms with E-state index in [0.717, 1.165) is 31.3 Å². The number of nitrogens with one attached hydrogen (secondary N) is 1. The molecule has 86 valence electrons. The fraction of sp³-hybridized carbons (Fsp3) is 0.923. The van der Waals surface area contributed by atoms with Gasteiger partial charge < -0.3 is 5.32 Å². The van der Waals surface area contributed by atoms with Crippen LogP contribution < -0.4 is 5.32 Å². The van der Waals surface area contributed by atoms with E-state index < -0.39 is 0 Å². The lowest BCUT2D eigenvalue weighted by Crippen LogP contribution is -2.32. The van der Waals surface area contributed by atoms with Crippen molar-refractivity contribution < 1.29 is 0 Å². The minimum Gasteiger partial charge on any atom is -0.314 e. The Bertz CT molecular complexity index is 227. The van der Waals surface area contributed by atoms with E-state index >= 15 is 0 Å². The van der Waals surface area contributed by atoms with Crippen molar-refractivity contribution in [2.75, 3.05) is 6.54 Å². The Balaban J connectivity index is 2.09. The van der Waals surface area contributed by atoms with E-state index in [9.17, 15) is 0 Å². The van der Waals surface area contributed by atoms with Gasteiger partial charge in [-0.05, 0) is 52.0 Å². The molecule has 15 heavy (non-hydrogen) atoms. The molecule has 2 atom stereocenters. The lowest BCUT2D eigenvalue weighted by atomic mass is 9.90. The standard InChI is InChI=1S/C13H24N2/c1-11-6-4-7-12(11)15-9-5-8-13(2,3)10-14/h11-12,15H,4-9H2,1-3H3. The van der Waals surface area contributed by atoms with Crippen LogP contribution in [0.2, 0.25) is 0 Å². The molecule has 0 spiro atoms. The van der Waals surface area contributed by atoms with Crippen molar-refractivity contribution in [1.82, 2.24) is 5.32 Å². The molecule has 1 aliphatic carbocycles. The molecule has 1 aliphatic rings. The normalized spacial score (nSPS) is 26.5. The number of nitriles is 1. The second kappa shape index (κ2) is 5.51. The summed E-state index contributed by atoms with van der Waals surface area (Å²) in [7, 11) is 0. The molecule has 1 fully saturated rings. The van der Waals surface area contributed by atoms with Gasteiger partial charge in [0.15, 0.2) is 0 Å². The van der Waals surface area contributed by atoms with E-state index in [0.29, 0.717) is 0 Å². The summed E-state index contributed by atoms with van der Waals surface area (Å²) >= 11 is 0. The Kier molecular flexibility index (Phi) is 4.60. The molecule has 0 amide bonds. The van der Waals surface area contributed by atoms with Crippen LogP contribution in [0.1, 0.15) is 52.9 Å². The van der Waals surface area contributed by atoms with Gasteiger partial charge in [0, 0.05) is 6.04 Å². The third-order valence-electron chi connectivity index (χ3n) is 3.55. The molecular formula is C13H24N2. The molecule has 1 N–H and O–H groups in total. The van der Waals surface area contributed by atoms with E-state index in [4.69, 9.17) is 5.26 Å². The Labute approximate surface area is 94.1 Å². The zero-order valence-electron chi connectivity index (χ0n) is 10.3. The summed E-state index contributed by atoms with van der Waals surface area (Å²) in [6.07, 6.45) is 6.20. The van der Waals surface area contributed by atoms with Crippen molar-refractivity contribution in [3.63, 3.8) is 0 Å². The van der Waals surface area contributed by atoms with Gasteiger partial charge in [-0.2, -0.15) is 5.26 Å². The highest BCUT2D eigenvalue weighted by molar-refractivity contribution is 4.91. The molecule has 0 bridgehead atoms. The van der Waals surface area contributed by atoms with Crippen LogP contribution in [0.15, 0.2) is 0 Å². The Morgan fingerprint density at radius 3 is 2.67 bits per heavy atom. The molecule has 0 saturated heterocycles. The van der Waals surface area contributed by atoms with E-state index in [1.54, 1.807) is 0 Å². The average Bonchev–Trinajstić information content (AvgIpc) is 2.59. The maximum atomic E-state index is 8.88. The highest BCUT2D eigenvalue weighted by atomic mass is 14.9. The second-order valence-electron chi connectivity index (χ2n) is 5.57. The van der Waals surface area contributed by atoms with E-state index in [-0.39, 0.29) is 5.41 Å². The molecule has 1 rings (SSSR count). The first kappa shape index (κ1) is 12.5. The summed E-state index contributed by atoms with van der Waals surface area (Å²) in [5.41, 5.74) is -0.150. The molecule has 0 aromatic carbocycles. The van der Waals surface area contributed by atoms with E-state index in [1.165, 1.54) is 19.3 Å². The molecule has 0 radical (unpaired) electrons. The molecular weight excluding hydrogens is 184 g/mol. The second-order valence-corrected chi connectivity index (χ2v) is 5.57. The largest absolute Gasteiger partial charge is 0.314 e. The monoisotopic (exact) mass is 208 g/mol. The highest BCUT2D eigenvalue weighted by Gasteiger charge is 2.22. The van der Waals surface area contributed by atoms with Crippen molar-refractivity contribution in [3.05, 3.63) is 0 Å². The van der Waals surface area contributed by atoms with Crippen LogP contribution >= 0.6 is 0 Å². The van der Waals surface area contributed by atoms with E-state index in [1.807, 2.05) is 13.8 Å². The zero-order valence-corrected chi connectivity index (χ0v) is 10.3. The molecule has 1 saturated carbocycles. The van der Waals surface area contributed by atoms with Crippen molar-refractivity contribution in [2.24, 2.45) is 11.3 Å². The summed E-state index contributed by atoms with van der Waals surface area (Å²) in [4.78, 5) is 0. The lowest BCUT2D eigenvalue weighted by Gasteiger charge is -2.19. The minimum absolute atomic E-state index is 0.150. The first-order valence-electron chi connectivity index (χ1n) is 6.20. The van der Waals surface area contributed by atoms with Crippen LogP contribution in [0, 0.1) is 22.7 Å². The SMILES string of the molecule is CC1CCCC1NCCCC(C)(C)C#N. The number of hydrogen-bond acceptors (Lipinski definition) is 2. The first-order chi connectivity index (χ1) is 7.05. The van der Waals surface area contributed by atoms with Gasteiger partial charge >= 0.3 is 0 Å². The smallest absolute Gasteiger partial charge is 0.0683 e. The van der Waals surface area contributed by atoms with Gasteiger partial charge in [0.2, 0.25) is 0 Å². The van der Waals surface area contributed by atoms with Crippen molar-refractivity contribution in [3.8, 4) is 6.07 Å². The van der Waals surface area contributed by atoms with Gasteiger partial charge in [-0.1, -0.05) is 13.3 Å². The minimum atomic E-state index is -0.150. The predicted molar refractivity (Wildman–Crippen MR) is 63.4 cm³/mol. The Hall–Kier alpha value is -0.550. The fourth-order valence-electron chi connectivity index (χ4n) is 2.32. The number of nitrogens with zero attached hydrogens (tertiary/aromatic N) is 1. The van der Waals surface area contributed by atoms with Crippen LogP contribution in [0.5, 0.6) is 0 Å². The molecule has 2 unspecified atom stereocenters. The van der Waals surface area contributed by atoms with Crippen molar-refractivity contribution in [1.29, 1.82) is 5.26 Å². The Morgan fingerprint density at radius 2 is 2.13 bits per heavy atom. The summed E-state index contributed by atoms with van der Waals surface area (Å²) in [6.45, 7) is 7.44. The molecule has 0 aromatic rings. The topological polar surface area (TPSA) is 35.8 Å². The maximum Gasteiger partial charge on any atom is 0.0683 e. The predicted octanol–water partition coefficient (Wildman–Crippen LogP) is 3.09. The van der Waals surface area contributed by atoms with Gasteiger partial charge in [-0.15, -0.1) is 0 Å². The van der Waals surface area contributed by atoms with Crippen LogP contribution in [0.3, 0.4) is 0 Å². The zero-order chi connectivity index (χ0) is 11.3. The quantitative estimate of drug-likeness (QED) is 0.705. The van der Waals surface area contributed by atoms with Gasteiger partial charge in [0.1, 0.15) is 0 Å². The average molecular weight is 208 g/mol. The molecule has 0 heterocycles. The summed E-state index contributed by atoms with van der Waals surface area (Å²) < 4.78 is 0. The van der Waals surface area contributed by atoms with Crippen LogP contribution in [-0.2, 0) is 0 Å². The number of rotatable bonds is 5. The van der Waals surface area contributed by atoms with Gasteiger partial charge in [0.25, 0.3) is 0 Å². The third-order valence-corrected chi connectivity index (χ3v) is 3.55. The molecule has 2 nitrogen and oxygen atoms in total. The molecule has 0 aromatic heterocycles. The van der Waals surface area contributed by atoms with Crippen LogP contribution in [0.25, 0.3) is 0 Å². The van der Waals surface area contributed by atoms with Crippen LogP contribution in [0.4, 0.5) is 0 Å². The van der Waals surface area contributed by atoms with Crippen molar-refractivity contribution >= 4 is 0 Å². The maximum absolute atomic E-state index is 8.88. The van der Waals surface area contributed by atoms with Crippen LogP contribution in [-0.4, -0.2) is 12.6 Å². The third kappa shape index (κ3) is 4.22. The van der Waals surface area contributed by atoms with Gasteiger partial charge in [-0.25, -0.2) is 0 Å². The number of hydrogen-bond donors (Lipinski definition) is 1. The highest BCUT2D eigenvalue weighted by Crippen LogP contribution is 2.25. The van der Waals surface area contributed by atoms with Crippen molar-refractivity contribution in [2.45, 2.75) is 58.9 Å². The summed E-state index contributed by atoms with van der Waals surface area (Å²) in [5, 5.41) is 12.5. The van der Waals surface area contributed by atoms with Gasteiger partial charge in [0.05, 0.1) is 11.5 Å². The van der Waals surface area contributed by atoms with E-state index in [2.05, 4.69) is 18.3 Å².